The number of methoxy groups -OCH3 is 1. The second-order valence-corrected chi connectivity index (χ2v) is 6.53. The van der Waals surface area contributed by atoms with Crippen LogP contribution in [-0.2, 0) is 27.3 Å². The minimum Gasteiger partial charge on any atom is -0.496 e. The van der Waals surface area contributed by atoms with Crippen LogP contribution in [0.3, 0.4) is 0 Å². The quantitative estimate of drug-likeness (QED) is 0.521. The fourth-order valence-corrected chi connectivity index (χ4v) is 3.34. The van der Waals surface area contributed by atoms with E-state index in [1.165, 1.54) is 0 Å². The Morgan fingerprint density at radius 2 is 2.04 bits per heavy atom. The van der Waals surface area contributed by atoms with Crippen LogP contribution in [0, 0.1) is 6.92 Å². The molecule has 148 valence electrons. The number of carbonyl (C=O) groups is 2. The molecule has 27 heavy (non-hydrogen) atoms. The van der Waals surface area contributed by atoms with Crippen LogP contribution in [0.25, 0.3) is 0 Å². The molecule has 0 radical (unpaired) electrons. The minimum absolute atomic E-state index is 0.188. The van der Waals surface area contributed by atoms with E-state index in [4.69, 9.17) is 14.2 Å². The van der Waals surface area contributed by atoms with Crippen molar-refractivity contribution in [2.24, 2.45) is 0 Å². The van der Waals surface area contributed by atoms with Gasteiger partial charge in [-0.25, -0.2) is 4.79 Å². The molecule has 1 aromatic rings. The molecule has 1 aromatic carbocycles. The van der Waals surface area contributed by atoms with Gasteiger partial charge in [-0.1, -0.05) is 11.6 Å². The Balaban J connectivity index is 2.33. The van der Waals surface area contributed by atoms with Crippen LogP contribution in [0.4, 0.5) is 5.69 Å². The Hall–Kier alpha value is -2.50. The second kappa shape index (κ2) is 9.44. The Bertz CT molecular complexity index is 752. The summed E-state index contributed by atoms with van der Waals surface area (Å²) in [6.07, 6.45) is 3.68. The summed E-state index contributed by atoms with van der Waals surface area (Å²) in [5.74, 6) is 0.292. The third kappa shape index (κ3) is 4.62. The number of rotatable bonds is 9. The fourth-order valence-electron chi connectivity index (χ4n) is 3.34. The van der Waals surface area contributed by atoms with Gasteiger partial charge in [0, 0.05) is 24.1 Å². The Morgan fingerprint density at radius 1 is 1.30 bits per heavy atom. The second-order valence-electron chi connectivity index (χ2n) is 6.53. The highest BCUT2D eigenvalue weighted by molar-refractivity contribution is 6.01. The van der Waals surface area contributed by atoms with Gasteiger partial charge in [0.15, 0.2) is 0 Å². The Kier molecular flexibility index (Phi) is 7.28. The first-order valence-electron chi connectivity index (χ1n) is 9.39. The number of hydrogen-bond donors (Lipinski definition) is 1. The molecule has 0 saturated heterocycles. The molecule has 0 bridgehead atoms. The van der Waals surface area contributed by atoms with Crippen molar-refractivity contribution in [2.45, 2.75) is 53.6 Å². The smallest absolute Gasteiger partial charge is 0.341 e. The van der Waals surface area contributed by atoms with Gasteiger partial charge in [0.25, 0.3) is 0 Å². The number of allylic oxidation sites excluding steroid dienone is 2. The number of ether oxygens (including phenoxy) is 3. The molecule has 6 heteroatoms. The molecule has 0 saturated carbocycles. The number of carbonyl (C=O) groups excluding carboxylic acids is 2. The zero-order valence-electron chi connectivity index (χ0n) is 16.9. The van der Waals surface area contributed by atoms with Gasteiger partial charge in [-0.3, -0.25) is 4.79 Å². The number of hydrogen-bond acceptors (Lipinski definition) is 6. The molecule has 0 aliphatic carbocycles. The first kappa shape index (κ1) is 20.8. The maximum Gasteiger partial charge on any atom is 0.341 e. The highest BCUT2D eigenvalue weighted by Crippen LogP contribution is 2.41. The van der Waals surface area contributed by atoms with E-state index in [0.717, 1.165) is 33.7 Å². The highest BCUT2D eigenvalue weighted by atomic mass is 16.5. The topological polar surface area (TPSA) is 73.9 Å². The van der Waals surface area contributed by atoms with Crippen LogP contribution in [0.2, 0.25) is 0 Å². The van der Waals surface area contributed by atoms with Crippen molar-refractivity contribution in [1.29, 1.82) is 0 Å². The van der Waals surface area contributed by atoms with Gasteiger partial charge >= 0.3 is 11.9 Å². The van der Waals surface area contributed by atoms with Crippen molar-refractivity contribution < 1.29 is 23.8 Å². The van der Waals surface area contributed by atoms with Crippen molar-refractivity contribution in [1.82, 2.24) is 0 Å². The molecular formula is C21H29NO5. The number of anilines is 1. The largest absolute Gasteiger partial charge is 0.496 e. The highest BCUT2D eigenvalue weighted by Gasteiger charge is 2.31. The lowest BCUT2D eigenvalue weighted by molar-refractivity contribution is -0.143. The Morgan fingerprint density at radius 3 is 2.67 bits per heavy atom. The number of nitrogens with one attached hydrogen (secondary N) is 1. The fraction of sp³-hybridized carbons (Fsp3) is 0.524. The first-order chi connectivity index (χ1) is 12.9. The van der Waals surface area contributed by atoms with Gasteiger partial charge in [-0.2, -0.15) is 0 Å². The molecule has 1 heterocycles. The standard InChI is InChI=1S/C21H29NO5/c1-6-22-19-15(10-8-13(3)9-11-17(23)26-7-2)20(25-5)14(4)16-12-27-21(24)18(16)19/h8,22H,6-7,9-12H2,1-5H3. The van der Waals surface area contributed by atoms with Gasteiger partial charge in [0.1, 0.15) is 12.4 Å². The third-order valence-corrected chi connectivity index (χ3v) is 4.71. The molecule has 0 spiro atoms. The lowest BCUT2D eigenvalue weighted by Crippen LogP contribution is -2.11. The maximum atomic E-state index is 12.3. The summed E-state index contributed by atoms with van der Waals surface area (Å²) in [5, 5.41) is 3.32. The number of benzene rings is 1. The predicted molar refractivity (Wildman–Crippen MR) is 104 cm³/mol. The summed E-state index contributed by atoms with van der Waals surface area (Å²) in [6, 6.07) is 0. The summed E-state index contributed by atoms with van der Waals surface area (Å²) in [6.45, 7) is 9.10. The van der Waals surface area contributed by atoms with E-state index in [1.54, 1.807) is 14.0 Å². The summed E-state index contributed by atoms with van der Waals surface area (Å²) in [4.78, 5) is 23.8. The minimum atomic E-state index is -0.295. The zero-order valence-corrected chi connectivity index (χ0v) is 16.9. The molecule has 1 aliphatic rings. The number of fused-ring (bicyclic) bond motifs is 1. The van der Waals surface area contributed by atoms with E-state index in [-0.39, 0.29) is 18.5 Å². The predicted octanol–water partition coefficient (Wildman–Crippen LogP) is 3.94. The average molecular weight is 375 g/mol. The van der Waals surface area contributed by atoms with E-state index < -0.39 is 0 Å². The average Bonchev–Trinajstić information content (AvgIpc) is 3.03. The van der Waals surface area contributed by atoms with E-state index in [2.05, 4.69) is 11.4 Å². The molecule has 0 unspecified atom stereocenters. The van der Waals surface area contributed by atoms with E-state index in [1.807, 2.05) is 20.8 Å². The molecule has 0 atom stereocenters. The summed E-state index contributed by atoms with van der Waals surface area (Å²) in [5.41, 5.74) is 5.25. The van der Waals surface area contributed by atoms with Gasteiger partial charge in [0.05, 0.1) is 25.0 Å². The van der Waals surface area contributed by atoms with Crippen molar-refractivity contribution in [3.05, 3.63) is 33.9 Å². The summed E-state index contributed by atoms with van der Waals surface area (Å²) < 4.78 is 15.9. The van der Waals surface area contributed by atoms with E-state index in [9.17, 15) is 9.59 Å². The summed E-state index contributed by atoms with van der Waals surface area (Å²) in [7, 11) is 1.64. The van der Waals surface area contributed by atoms with Crippen molar-refractivity contribution in [2.75, 3.05) is 25.6 Å². The van der Waals surface area contributed by atoms with E-state index >= 15 is 0 Å². The molecular weight excluding hydrogens is 346 g/mol. The third-order valence-electron chi connectivity index (χ3n) is 4.71. The molecule has 0 amide bonds. The van der Waals surface area contributed by atoms with Crippen LogP contribution in [0.1, 0.15) is 60.7 Å². The van der Waals surface area contributed by atoms with Crippen LogP contribution in [0.5, 0.6) is 5.75 Å². The van der Waals surface area contributed by atoms with Gasteiger partial charge in [-0.05, 0) is 46.1 Å². The molecule has 0 fully saturated rings. The maximum absolute atomic E-state index is 12.3. The van der Waals surface area contributed by atoms with Gasteiger partial charge < -0.3 is 19.5 Å². The number of esters is 2. The van der Waals surface area contributed by atoms with Crippen LogP contribution in [-0.4, -0.2) is 32.2 Å². The van der Waals surface area contributed by atoms with Gasteiger partial charge in [-0.15, -0.1) is 0 Å². The lowest BCUT2D eigenvalue weighted by atomic mass is 9.93. The molecule has 0 aromatic heterocycles. The van der Waals surface area contributed by atoms with Crippen LogP contribution in [0.15, 0.2) is 11.6 Å². The van der Waals surface area contributed by atoms with Gasteiger partial charge in [0.2, 0.25) is 0 Å². The Labute approximate surface area is 160 Å². The SMILES string of the molecule is CCNc1c(CC=C(C)CCC(=O)OCC)c(OC)c(C)c2c1C(=O)OC2. The number of cyclic esters (lactones) is 1. The van der Waals surface area contributed by atoms with Crippen molar-refractivity contribution >= 4 is 17.6 Å². The normalized spacial score (nSPS) is 13.2. The molecule has 1 aliphatic heterocycles. The molecule has 6 nitrogen and oxygen atoms in total. The van der Waals surface area contributed by atoms with Crippen molar-refractivity contribution in [3.8, 4) is 5.75 Å². The molecule has 1 N–H and O–H groups in total. The van der Waals surface area contributed by atoms with E-state index in [0.29, 0.717) is 38.0 Å². The lowest BCUT2D eigenvalue weighted by Gasteiger charge is -2.19. The van der Waals surface area contributed by atoms with Crippen molar-refractivity contribution in [3.63, 3.8) is 0 Å². The first-order valence-corrected chi connectivity index (χ1v) is 9.39. The monoisotopic (exact) mass is 375 g/mol. The zero-order chi connectivity index (χ0) is 20.0. The van der Waals surface area contributed by atoms with Crippen LogP contribution < -0.4 is 10.1 Å². The molecule has 2 rings (SSSR count). The van der Waals surface area contributed by atoms with Crippen LogP contribution >= 0.6 is 0 Å². The summed E-state index contributed by atoms with van der Waals surface area (Å²) >= 11 is 0.